The molecule has 1 atom stereocenters. The molecule has 1 saturated heterocycles. The molecule has 0 bridgehead atoms. The van der Waals surface area contributed by atoms with E-state index in [4.69, 9.17) is 18.0 Å². The van der Waals surface area contributed by atoms with Crippen LogP contribution < -0.4 is 11.1 Å². The zero-order valence-electron chi connectivity index (χ0n) is 10.4. The number of hydrogen-bond donors (Lipinski definition) is 2. The number of nitrogens with zero attached hydrogens (tertiary/aromatic N) is 1. The van der Waals surface area contributed by atoms with E-state index in [1.54, 1.807) is 6.07 Å². The van der Waals surface area contributed by atoms with Crippen LogP contribution in [0.15, 0.2) is 18.2 Å². The maximum atomic E-state index is 13.6. The molecule has 1 aliphatic heterocycles. The van der Waals surface area contributed by atoms with E-state index in [0.717, 1.165) is 19.6 Å². The molecule has 0 amide bonds. The van der Waals surface area contributed by atoms with E-state index in [-0.39, 0.29) is 10.8 Å². The largest absolute Gasteiger partial charge is 0.389 e. The van der Waals surface area contributed by atoms with Gasteiger partial charge in [-0.1, -0.05) is 18.3 Å². The minimum atomic E-state index is -0.365. The van der Waals surface area contributed by atoms with Crippen LogP contribution in [0.25, 0.3) is 0 Å². The zero-order valence-corrected chi connectivity index (χ0v) is 11.3. The smallest absolute Gasteiger partial charge is 0.135 e. The number of nitrogens with one attached hydrogen (secondary N) is 1. The molecule has 18 heavy (non-hydrogen) atoms. The van der Waals surface area contributed by atoms with Gasteiger partial charge in [-0.15, -0.1) is 0 Å². The third-order valence-corrected chi connectivity index (χ3v) is 3.53. The van der Waals surface area contributed by atoms with E-state index in [1.165, 1.54) is 12.5 Å². The Balaban J connectivity index is 2.05. The molecule has 3 N–H and O–H groups in total. The van der Waals surface area contributed by atoms with Crippen molar-refractivity contribution in [3.63, 3.8) is 0 Å². The number of anilines is 1. The highest BCUT2D eigenvalue weighted by molar-refractivity contribution is 7.80. The van der Waals surface area contributed by atoms with E-state index in [0.29, 0.717) is 17.2 Å². The summed E-state index contributed by atoms with van der Waals surface area (Å²) in [6.45, 7) is 3.02. The number of thiocarbonyl (C=S) groups is 1. The van der Waals surface area contributed by atoms with Crippen LogP contribution in [0.5, 0.6) is 0 Å². The maximum absolute atomic E-state index is 13.6. The van der Waals surface area contributed by atoms with Crippen molar-refractivity contribution < 1.29 is 4.39 Å². The van der Waals surface area contributed by atoms with Gasteiger partial charge in [0.05, 0.1) is 5.56 Å². The molecule has 1 aromatic rings. The van der Waals surface area contributed by atoms with Gasteiger partial charge in [0.1, 0.15) is 10.8 Å². The minimum Gasteiger partial charge on any atom is -0.389 e. The molecule has 0 aliphatic carbocycles. The van der Waals surface area contributed by atoms with E-state index in [2.05, 4.69) is 17.3 Å². The lowest BCUT2D eigenvalue weighted by Gasteiger charge is -2.15. The van der Waals surface area contributed by atoms with Crippen molar-refractivity contribution in [3.05, 3.63) is 29.6 Å². The standard InChI is InChI=1S/C13H18FN3S/c1-17-6-5-9(8-17)7-16-11-4-2-3-10(14)12(11)13(15)18/h2-4,9,16H,5-8H2,1H3,(H2,15,18). The van der Waals surface area contributed by atoms with Crippen LogP contribution in [-0.4, -0.2) is 36.6 Å². The Morgan fingerprint density at radius 2 is 2.39 bits per heavy atom. The number of benzene rings is 1. The van der Waals surface area contributed by atoms with Crippen LogP contribution >= 0.6 is 12.2 Å². The molecule has 3 nitrogen and oxygen atoms in total. The van der Waals surface area contributed by atoms with Crippen LogP contribution in [0, 0.1) is 11.7 Å². The number of nitrogens with two attached hydrogens (primary N) is 1. The molecule has 98 valence electrons. The highest BCUT2D eigenvalue weighted by Crippen LogP contribution is 2.21. The van der Waals surface area contributed by atoms with E-state index in [9.17, 15) is 4.39 Å². The Labute approximate surface area is 112 Å². The monoisotopic (exact) mass is 267 g/mol. The summed E-state index contributed by atoms with van der Waals surface area (Å²) in [6.07, 6.45) is 1.17. The van der Waals surface area contributed by atoms with Crippen LogP contribution in [0.1, 0.15) is 12.0 Å². The SMILES string of the molecule is CN1CCC(CNc2cccc(F)c2C(N)=S)C1. The summed E-state index contributed by atoms with van der Waals surface area (Å²) >= 11 is 4.89. The molecule has 1 heterocycles. The Morgan fingerprint density at radius 1 is 1.61 bits per heavy atom. The first kappa shape index (κ1) is 13.2. The number of rotatable bonds is 4. The lowest BCUT2D eigenvalue weighted by Crippen LogP contribution is -2.21. The van der Waals surface area contributed by atoms with Gasteiger partial charge >= 0.3 is 0 Å². The molecular weight excluding hydrogens is 249 g/mol. The molecule has 1 unspecified atom stereocenters. The number of likely N-dealkylation sites (tertiary alicyclic amines) is 1. The van der Waals surface area contributed by atoms with Gasteiger partial charge in [-0.05, 0) is 38.1 Å². The topological polar surface area (TPSA) is 41.3 Å². The minimum absolute atomic E-state index is 0.0964. The quantitative estimate of drug-likeness (QED) is 0.817. The summed E-state index contributed by atoms with van der Waals surface area (Å²) in [5, 5.41) is 3.26. The predicted octanol–water partition coefficient (Wildman–Crippen LogP) is 1.82. The van der Waals surface area contributed by atoms with Gasteiger partial charge in [0.15, 0.2) is 0 Å². The summed E-state index contributed by atoms with van der Waals surface area (Å²) in [6, 6.07) is 4.86. The molecule has 0 radical (unpaired) electrons. The number of halogens is 1. The molecule has 2 rings (SSSR count). The highest BCUT2D eigenvalue weighted by atomic mass is 32.1. The normalized spacial score (nSPS) is 20.0. The van der Waals surface area contributed by atoms with Crippen molar-refractivity contribution in [2.75, 3.05) is 32.0 Å². The second-order valence-corrected chi connectivity index (χ2v) is 5.26. The van der Waals surface area contributed by atoms with Gasteiger partial charge in [-0.25, -0.2) is 4.39 Å². The summed E-state index contributed by atoms with van der Waals surface area (Å²) in [5.41, 5.74) is 6.57. The van der Waals surface area contributed by atoms with E-state index >= 15 is 0 Å². The lowest BCUT2D eigenvalue weighted by atomic mass is 10.1. The second-order valence-electron chi connectivity index (χ2n) is 4.82. The molecule has 1 fully saturated rings. The fourth-order valence-electron chi connectivity index (χ4n) is 2.37. The Bertz CT molecular complexity index is 450. The summed E-state index contributed by atoms with van der Waals surface area (Å²) < 4.78 is 13.6. The average molecular weight is 267 g/mol. The third kappa shape index (κ3) is 2.97. The lowest BCUT2D eigenvalue weighted by molar-refractivity contribution is 0.399. The van der Waals surface area contributed by atoms with Gasteiger partial charge in [-0.2, -0.15) is 0 Å². The van der Waals surface area contributed by atoms with Gasteiger partial charge in [0.2, 0.25) is 0 Å². The van der Waals surface area contributed by atoms with Crippen LogP contribution in [0.2, 0.25) is 0 Å². The van der Waals surface area contributed by atoms with Crippen LogP contribution in [-0.2, 0) is 0 Å². The van der Waals surface area contributed by atoms with Crippen molar-refractivity contribution in [2.45, 2.75) is 6.42 Å². The van der Waals surface area contributed by atoms with Crippen molar-refractivity contribution in [1.82, 2.24) is 4.90 Å². The fourth-order valence-corrected chi connectivity index (χ4v) is 2.58. The molecule has 5 heteroatoms. The molecule has 1 aliphatic rings. The van der Waals surface area contributed by atoms with Crippen LogP contribution in [0.3, 0.4) is 0 Å². The average Bonchev–Trinajstić information content (AvgIpc) is 2.72. The number of hydrogen-bond acceptors (Lipinski definition) is 3. The first-order valence-electron chi connectivity index (χ1n) is 6.08. The van der Waals surface area contributed by atoms with Crippen molar-refractivity contribution in [1.29, 1.82) is 0 Å². The fraction of sp³-hybridized carbons (Fsp3) is 0.462. The Kier molecular flexibility index (Phi) is 4.14. The Hall–Kier alpha value is -1.20. The maximum Gasteiger partial charge on any atom is 0.135 e. The molecule has 0 spiro atoms. The molecule has 0 saturated carbocycles. The van der Waals surface area contributed by atoms with Crippen LogP contribution in [0.4, 0.5) is 10.1 Å². The van der Waals surface area contributed by atoms with E-state index < -0.39 is 0 Å². The first-order valence-corrected chi connectivity index (χ1v) is 6.49. The molecule has 0 aromatic heterocycles. The second kappa shape index (κ2) is 5.63. The molecular formula is C13H18FN3S. The summed E-state index contributed by atoms with van der Waals surface area (Å²) in [5.74, 6) is 0.230. The van der Waals surface area contributed by atoms with E-state index in [1.807, 2.05) is 6.07 Å². The van der Waals surface area contributed by atoms with Gasteiger partial charge < -0.3 is 16.0 Å². The van der Waals surface area contributed by atoms with Gasteiger partial charge in [0, 0.05) is 18.8 Å². The first-order chi connectivity index (χ1) is 8.58. The summed E-state index contributed by atoms with van der Waals surface area (Å²) in [4.78, 5) is 2.39. The van der Waals surface area contributed by atoms with Gasteiger partial charge in [0.25, 0.3) is 0 Å². The van der Waals surface area contributed by atoms with Crippen molar-refractivity contribution >= 4 is 22.9 Å². The van der Waals surface area contributed by atoms with Crippen molar-refractivity contribution in [2.24, 2.45) is 11.7 Å². The Morgan fingerprint density at radius 3 is 3.00 bits per heavy atom. The molecule has 1 aromatic carbocycles. The highest BCUT2D eigenvalue weighted by Gasteiger charge is 2.19. The zero-order chi connectivity index (χ0) is 13.1. The van der Waals surface area contributed by atoms with Gasteiger partial charge in [-0.3, -0.25) is 0 Å². The third-order valence-electron chi connectivity index (χ3n) is 3.33. The predicted molar refractivity (Wildman–Crippen MR) is 76.4 cm³/mol. The van der Waals surface area contributed by atoms with Crippen molar-refractivity contribution in [3.8, 4) is 0 Å². The summed E-state index contributed by atoms with van der Waals surface area (Å²) in [7, 11) is 2.11.